The van der Waals surface area contributed by atoms with Gasteiger partial charge in [0.05, 0.1) is 18.0 Å². The van der Waals surface area contributed by atoms with E-state index < -0.39 is 0 Å². The first kappa shape index (κ1) is 12.3. The lowest BCUT2D eigenvalue weighted by molar-refractivity contribution is -0.119. The van der Waals surface area contributed by atoms with Crippen molar-refractivity contribution in [3.05, 3.63) is 28.7 Å². The third-order valence-corrected chi connectivity index (χ3v) is 3.14. The van der Waals surface area contributed by atoms with Crippen molar-refractivity contribution in [1.29, 1.82) is 5.26 Å². The summed E-state index contributed by atoms with van der Waals surface area (Å²) in [7, 11) is 1.82. The number of likely N-dealkylation sites (tertiary alicyclic amines) is 1. The summed E-state index contributed by atoms with van der Waals surface area (Å²) in [6.45, 7) is 0.537. The van der Waals surface area contributed by atoms with E-state index in [4.69, 9.17) is 5.26 Å². The summed E-state index contributed by atoms with van der Waals surface area (Å²) in [5, 5.41) is 11.5. The zero-order valence-electron chi connectivity index (χ0n) is 10.0. The lowest BCUT2D eigenvalue weighted by atomic mass is 10.1. The van der Waals surface area contributed by atoms with E-state index in [0.29, 0.717) is 13.0 Å². The maximum Gasteiger partial charge on any atom is 0.271 e. The summed E-state index contributed by atoms with van der Waals surface area (Å²) in [6.07, 6.45) is 2.01. The van der Waals surface area contributed by atoms with E-state index in [9.17, 15) is 9.59 Å². The molecule has 2 rings (SSSR count). The monoisotopic (exact) mass is 246 g/mol. The molecule has 1 aliphatic rings. The molecule has 2 atom stereocenters. The van der Waals surface area contributed by atoms with Crippen molar-refractivity contribution >= 4 is 11.6 Å². The van der Waals surface area contributed by atoms with Crippen LogP contribution in [0.4, 0.5) is 5.69 Å². The van der Waals surface area contributed by atoms with E-state index in [1.165, 1.54) is 6.20 Å². The van der Waals surface area contributed by atoms with Gasteiger partial charge in [0.2, 0.25) is 5.91 Å². The standard InChI is InChI=1S/C12H14N4O2/c1-16-7-8(5-9(16)6-13)11(17)15-10-3-2-4-14-12(10)18/h2-4,8-9H,5,7H2,1H3,(H,14,18)(H,15,17). The highest BCUT2D eigenvalue weighted by atomic mass is 16.2. The highest BCUT2D eigenvalue weighted by molar-refractivity contribution is 5.92. The van der Waals surface area contributed by atoms with Gasteiger partial charge in [0.25, 0.3) is 5.56 Å². The SMILES string of the molecule is CN1CC(C(=O)Nc2ccc[nH]c2=O)CC1C#N. The molecule has 2 heterocycles. The predicted molar refractivity (Wildman–Crippen MR) is 65.8 cm³/mol. The topological polar surface area (TPSA) is 89.0 Å². The summed E-state index contributed by atoms with van der Waals surface area (Å²) < 4.78 is 0. The van der Waals surface area contributed by atoms with Gasteiger partial charge in [0, 0.05) is 12.7 Å². The van der Waals surface area contributed by atoms with Crippen LogP contribution in [-0.4, -0.2) is 35.4 Å². The molecule has 1 aromatic rings. The Kier molecular flexibility index (Phi) is 3.44. The average Bonchev–Trinajstić information content (AvgIpc) is 2.73. The molecule has 0 aromatic carbocycles. The number of hydrogen-bond acceptors (Lipinski definition) is 4. The number of nitrogens with zero attached hydrogens (tertiary/aromatic N) is 2. The van der Waals surface area contributed by atoms with Gasteiger partial charge in [0.15, 0.2) is 0 Å². The van der Waals surface area contributed by atoms with Crippen LogP contribution in [0.25, 0.3) is 0 Å². The van der Waals surface area contributed by atoms with Gasteiger partial charge in [0.1, 0.15) is 5.69 Å². The van der Waals surface area contributed by atoms with Crippen molar-refractivity contribution in [2.45, 2.75) is 12.5 Å². The lowest BCUT2D eigenvalue weighted by Crippen LogP contribution is -2.28. The molecule has 6 heteroatoms. The van der Waals surface area contributed by atoms with Crippen LogP contribution in [0.3, 0.4) is 0 Å². The first-order valence-electron chi connectivity index (χ1n) is 5.70. The number of carbonyl (C=O) groups is 1. The fourth-order valence-electron chi connectivity index (χ4n) is 2.09. The third-order valence-electron chi connectivity index (χ3n) is 3.14. The van der Waals surface area contributed by atoms with Gasteiger partial charge in [-0.3, -0.25) is 14.5 Å². The number of hydrogen-bond donors (Lipinski definition) is 2. The van der Waals surface area contributed by atoms with Crippen LogP contribution < -0.4 is 10.9 Å². The number of nitrogens with one attached hydrogen (secondary N) is 2. The smallest absolute Gasteiger partial charge is 0.271 e. The number of pyridine rings is 1. The largest absolute Gasteiger partial charge is 0.327 e. The van der Waals surface area contributed by atoms with E-state index in [-0.39, 0.29) is 29.1 Å². The Labute approximate surface area is 104 Å². The van der Waals surface area contributed by atoms with Gasteiger partial charge in [-0.25, -0.2) is 0 Å². The summed E-state index contributed by atoms with van der Waals surface area (Å²) in [6, 6.07) is 5.13. The number of H-pyrrole nitrogens is 1. The number of nitriles is 1. The molecule has 1 aliphatic heterocycles. The van der Waals surface area contributed by atoms with Crippen LogP contribution in [0.2, 0.25) is 0 Å². The van der Waals surface area contributed by atoms with Crippen LogP contribution in [0, 0.1) is 17.2 Å². The number of aromatic amines is 1. The van der Waals surface area contributed by atoms with Crippen molar-refractivity contribution in [2.24, 2.45) is 5.92 Å². The van der Waals surface area contributed by atoms with Crippen LogP contribution in [0.5, 0.6) is 0 Å². The number of anilines is 1. The molecule has 0 spiro atoms. The average molecular weight is 246 g/mol. The van der Waals surface area contributed by atoms with Crippen LogP contribution in [-0.2, 0) is 4.79 Å². The summed E-state index contributed by atoms with van der Waals surface area (Å²) in [4.78, 5) is 27.7. The molecule has 0 aliphatic carbocycles. The molecule has 2 N–H and O–H groups in total. The lowest BCUT2D eigenvalue weighted by Gasteiger charge is -2.11. The Bertz CT molecular complexity index is 545. The molecule has 18 heavy (non-hydrogen) atoms. The molecule has 2 unspecified atom stereocenters. The maximum atomic E-state index is 12.0. The van der Waals surface area contributed by atoms with E-state index in [1.807, 2.05) is 11.9 Å². The second-order valence-corrected chi connectivity index (χ2v) is 4.42. The zero-order chi connectivity index (χ0) is 13.1. The summed E-state index contributed by atoms with van der Waals surface area (Å²) in [5.41, 5.74) is -0.0837. The molecule has 0 saturated carbocycles. The number of aromatic nitrogens is 1. The molecular weight excluding hydrogens is 232 g/mol. The van der Waals surface area contributed by atoms with Crippen LogP contribution >= 0.6 is 0 Å². The minimum atomic E-state index is -0.325. The maximum absolute atomic E-state index is 12.0. The normalized spacial score (nSPS) is 23.6. The molecule has 1 fully saturated rings. The van der Waals surface area contributed by atoms with Gasteiger partial charge in [-0.15, -0.1) is 0 Å². The Morgan fingerprint density at radius 2 is 2.44 bits per heavy atom. The molecule has 0 bridgehead atoms. The molecule has 6 nitrogen and oxygen atoms in total. The minimum Gasteiger partial charge on any atom is -0.327 e. The Hall–Kier alpha value is -2.13. The first-order valence-corrected chi connectivity index (χ1v) is 5.70. The van der Waals surface area contributed by atoms with E-state index in [2.05, 4.69) is 16.4 Å². The summed E-state index contributed by atoms with van der Waals surface area (Å²) in [5.74, 6) is -0.462. The van der Waals surface area contributed by atoms with E-state index in [1.54, 1.807) is 12.1 Å². The van der Waals surface area contributed by atoms with Crippen LogP contribution in [0.1, 0.15) is 6.42 Å². The molecule has 94 valence electrons. The van der Waals surface area contributed by atoms with E-state index >= 15 is 0 Å². The number of amides is 1. The predicted octanol–water partition coefficient (Wildman–Crippen LogP) is 0.157. The van der Waals surface area contributed by atoms with Crippen molar-refractivity contribution < 1.29 is 4.79 Å². The Balaban J connectivity index is 2.05. The van der Waals surface area contributed by atoms with Gasteiger partial charge >= 0.3 is 0 Å². The van der Waals surface area contributed by atoms with E-state index in [0.717, 1.165) is 0 Å². The van der Waals surface area contributed by atoms with Crippen LogP contribution in [0.15, 0.2) is 23.1 Å². The van der Waals surface area contributed by atoms with Crippen molar-refractivity contribution in [1.82, 2.24) is 9.88 Å². The van der Waals surface area contributed by atoms with Gasteiger partial charge in [-0.2, -0.15) is 5.26 Å². The molecule has 1 aromatic heterocycles. The fraction of sp³-hybridized carbons (Fsp3) is 0.417. The molecule has 1 amide bonds. The Morgan fingerprint density at radius 1 is 1.67 bits per heavy atom. The van der Waals surface area contributed by atoms with Gasteiger partial charge in [-0.1, -0.05) is 0 Å². The minimum absolute atomic E-state index is 0.212. The third kappa shape index (κ3) is 2.41. The first-order chi connectivity index (χ1) is 8.61. The fourth-order valence-corrected chi connectivity index (χ4v) is 2.09. The van der Waals surface area contributed by atoms with Gasteiger partial charge < -0.3 is 10.3 Å². The van der Waals surface area contributed by atoms with Crippen molar-refractivity contribution in [3.63, 3.8) is 0 Å². The number of carbonyl (C=O) groups excluding carboxylic acids is 1. The Morgan fingerprint density at radius 3 is 3.06 bits per heavy atom. The zero-order valence-corrected chi connectivity index (χ0v) is 10.0. The second-order valence-electron chi connectivity index (χ2n) is 4.42. The van der Waals surface area contributed by atoms with Crippen molar-refractivity contribution in [3.8, 4) is 6.07 Å². The highest BCUT2D eigenvalue weighted by Crippen LogP contribution is 2.22. The van der Waals surface area contributed by atoms with Gasteiger partial charge in [-0.05, 0) is 25.6 Å². The quantitative estimate of drug-likeness (QED) is 0.777. The number of rotatable bonds is 2. The summed E-state index contributed by atoms with van der Waals surface area (Å²) >= 11 is 0. The van der Waals surface area contributed by atoms with Crippen molar-refractivity contribution in [2.75, 3.05) is 18.9 Å². The molecule has 0 radical (unpaired) electrons. The molecular formula is C12H14N4O2. The highest BCUT2D eigenvalue weighted by Gasteiger charge is 2.34. The molecule has 1 saturated heterocycles. The second kappa shape index (κ2) is 5.02.